The highest BCUT2D eigenvalue weighted by atomic mass is 16.1. The molecule has 100 valence electrons. The van der Waals surface area contributed by atoms with Gasteiger partial charge in [0.2, 0.25) is 5.95 Å². The minimum atomic E-state index is -0.196. The summed E-state index contributed by atoms with van der Waals surface area (Å²) >= 11 is 0. The Bertz CT molecular complexity index is 546. The van der Waals surface area contributed by atoms with Crippen molar-refractivity contribution in [2.75, 3.05) is 17.2 Å². The molecule has 1 aromatic carbocycles. The van der Waals surface area contributed by atoms with Gasteiger partial charge in [0.05, 0.1) is 0 Å². The zero-order chi connectivity index (χ0) is 13.7. The maximum absolute atomic E-state index is 12.0. The first-order valence-electron chi connectivity index (χ1n) is 6.20. The highest BCUT2D eigenvalue weighted by Gasteiger charge is 2.08. The number of rotatable bonds is 5. The number of nitrogens with one attached hydrogen (secondary N) is 2. The summed E-state index contributed by atoms with van der Waals surface area (Å²) in [6, 6.07) is 7.34. The van der Waals surface area contributed by atoms with Crippen LogP contribution in [0.1, 0.15) is 23.7 Å². The Morgan fingerprint density at radius 2 is 2.05 bits per heavy atom. The van der Waals surface area contributed by atoms with Crippen molar-refractivity contribution >= 4 is 17.5 Å². The fraction of sp³-hybridized carbons (Fsp3) is 0.308. The molecule has 2 aromatic rings. The van der Waals surface area contributed by atoms with Crippen molar-refractivity contribution in [2.24, 2.45) is 7.05 Å². The Kier molecular flexibility index (Phi) is 4.12. The summed E-state index contributed by atoms with van der Waals surface area (Å²) in [7, 11) is 1.72. The molecule has 0 aliphatic heterocycles. The second kappa shape index (κ2) is 5.99. The summed E-state index contributed by atoms with van der Waals surface area (Å²) in [5.41, 5.74) is 1.60. The SMILES string of the molecule is CCCNc1ccc(C(=O)Nc2ncnn2C)cc1. The first-order chi connectivity index (χ1) is 9.20. The van der Waals surface area contributed by atoms with Gasteiger partial charge in [0.1, 0.15) is 6.33 Å². The Balaban J connectivity index is 2.01. The quantitative estimate of drug-likeness (QED) is 0.860. The summed E-state index contributed by atoms with van der Waals surface area (Å²) in [4.78, 5) is 15.9. The summed E-state index contributed by atoms with van der Waals surface area (Å²) < 4.78 is 1.51. The van der Waals surface area contributed by atoms with E-state index in [1.54, 1.807) is 19.2 Å². The first-order valence-corrected chi connectivity index (χ1v) is 6.20. The largest absolute Gasteiger partial charge is 0.385 e. The average molecular weight is 259 g/mol. The lowest BCUT2D eigenvalue weighted by Gasteiger charge is -2.06. The van der Waals surface area contributed by atoms with Crippen LogP contribution < -0.4 is 10.6 Å². The van der Waals surface area contributed by atoms with Gasteiger partial charge in [-0.3, -0.25) is 10.1 Å². The van der Waals surface area contributed by atoms with Crippen LogP contribution in [-0.2, 0) is 7.05 Å². The fourth-order valence-electron chi connectivity index (χ4n) is 1.59. The predicted molar refractivity (Wildman–Crippen MR) is 74.2 cm³/mol. The minimum Gasteiger partial charge on any atom is -0.385 e. The third kappa shape index (κ3) is 3.31. The molecule has 6 nitrogen and oxygen atoms in total. The number of carbonyl (C=O) groups is 1. The summed E-state index contributed by atoms with van der Waals surface area (Å²) in [5.74, 6) is 0.233. The molecule has 0 saturated heterocycles. The van der Waals surface area contributed by atoms with Gasteiger partial charge in [-0.1, -0.05) is 6.92 Å². The molecule has 1 heterocycles. The molecular formula is C13H17N5O. The van der Waals surface area contributed by atoms with Crippen LogP contribution in [0.25, 0.3) is 0 Å². The maximum Gasteiger partial charge on any atom is 0.258 e. The number of nitrogens with zero attached hydrogens (tertiary/aromatic N) is 3. The summed E-state index contributed by atoms with van der Waals surface area (Å²) in [5, 5.41) is 9.85. The van der Waals surface area contributed by atoms with E-state index in [1.165, 1.54) is 11.0 Å². The van der Waals surface area contributed by atoms with Gasteiger partial charge >= 0.3 is 0 Å². The maximum atomic E-state index is 12.0. The van der Waals surface area contributed by atoms with Gasteiger partial charge in [-0.2, -0.15) is 10.1 Å². The molecule has 0 atom stereocenters. The molecular weight excluding hydrogens is 242 g/mol. The number of anilines is 2. The van der Waals surface area contributed by atoms with E-state index in [1.807, 2.05) is 12.1 Å². The molecule has 2 rings (SSSR count). The monoisotopic (exact) mass is 259 g/mol. The molecule has 0 fully saturated rings. The van der Waals surface area contributed by atoms with Crippen LogP contribution in [0.3, 0.4) is 0 Å². The highest BCUT2D eigenvalue weighted by molar-refractivity contribution is 6.03. The lowest BCUT2D eigenvalue weighted by atomic mass is 10.2. The van der Waals surface area contributed by atoms with E-state index in [4.69, 9.17) is 0 Å². The molecule has 1 amide bonds. The first kappa shape index (κ1) is 13.1. The normalized spacial score (nSPS) is 10.2. The van der Waals surface area contributed by atoms with Gasteiger partial charge in [0, 0.05) is 24.8 Å². The zero-order valence-corrected chi connectivity index (χ0v) is 11.1. The van der Waals surface area contributed by atoms with Gasteiger partial charge in [0.25, 0.3) is 5.91 Å². The molecule has 19 heavy (non-hydrogen) atoms. The number of hydrogen-bond acceptors (Lipinski definition) is 4. The average Bonchev–Trinajstić information content (AvgIpc) is 2.82. The van der Waals surface area contributed by atoms with Crippen LogP contribution in [0, 0.1) is 0 Å². The second-order valence-electron chi connectivity index (χ2n) is 4.17. The molecule has 0 bridgehead atoms. The fourth-order valence-corrected chi connectivity index (χ4v) is 1.59. The van der Waals surface area contributed by atoms with Crippen molar-refractivity contribution in [2.45, 2.75) is 13.3 Å². The van der Waals surface area contributed by atoms with Crippen molar-refractivity contribution in [1.82, 2.24) is 14.8 Å². The van der Waals surface area contributed by atoms with Crippen molar-refractivity contribution in [3.63, 3.8) is 0 Å². The van der Waals surface area contributed by atoms with Gasteiger partial charge in [-0.25, -0.2) is 4.68 Å². The topological polar surface area (TPSA) is 71.8 Å². The van der Waals surface area contributed by atoms with Gasteiger partial charge < -0.3 is 5.32 Å². The van der Waals surface area contributed by atoms with Crippen LogP contribution in [0.15, 0.2) is 30.6 Å². The van der Waals surface area contributed by atoms with Crippen LogP contribution in [0.5, 0.6) is 0 Å². The Labute approximate surface area is 111 Å². The summed E-state index contributed by atoms with van der Waals surface area (Å²) in [6.07, 6.45) is 2.46. The molecule has 6 heteroatoms. The number of aromatic nitrogens is 3. The minimum absolute atomic E-state index is 0.196. The number of amides is 1. The number of carbonyl (C=O) groups excluding carboxylic acids is 1. The lowest BCUT2D eigenvalue weighted by Crippen LogP contribution is -2.15. The highest BCUT2D eigenvalue weighted by Crippen LogP contribution is 2.11. The van der Waals surface area contributed by atoms with Gasteiger partial charge in [-0.05, 0) is 30.7 Å². The van der Waals surface area contributed by atoms with Crippen molar-refractivity contribution < 1.29 is 4.79 Å². The molecule has 2 N–H and O–H groups in total. The van der Waals surface area contributed by atoms with Crippen LogP contribution >= 0.6 is 0 Å². The predicted octanol–water partition coefficient (Wildman–Crippen LogP) is 1.89. The second-order valence-corrected chi connectivity index (χ2v) is 4.17. The van der Waals surface area contributed by atoms with Crippen molar-refractivity contribution in [3.8, 4) is 0 Å². The van der Waals surface area contributed by atoms with Crippen molar-refractivity contribution in [1.29, 1.82) is 0 Å². The molecule has 0 spiro atoms. The standard InChI is InChI=1S/C13H17N5O/c1-3-8-14-11-6-4-10(5-7-11)12(19)17-13-15-9-16-18(13)2/h4-7,9,14H,3,8H2,1-2H3,(H,15,16,17,19). The van der Waals surface area contributed by atoms with E-state index < -0.39 is 0 Å². The third-order valence-electron chi connectivity index (χ3n) is 2.66. The van der Waals surface area contributed by atoms with E-state index in [0.717, 1.165) is 18.7 Å². The molecule has 0 aliphatic carbocycles. The van der Waals surface area contributed by atoms with Crippen LogP contribution in [0.4, 0.5) is 11.6 Å². The Morgan fingerprint density at radius 3 is 2.63 bits per heavy atom. The van der Waals surface area contributed by atoms with Gasteiger partial charge in [0.15, 0.2) is 0 Å². The van der Waals surface area contributed by atoms with Gasteiger partial charge in [-0.15, -0.1) is 0 Å². The Morgan fingerprint density at radius 1 is 1.32 bits per heavy atom. The summed E-state index contributed by atoms with van der Waals surface area (Å²) in [6.45, 7) is 3.03. The van der Waals surface area contributed by atoms with Crippen molar-refractivity contribution in [3.05, 3.63) is 36.2 Å². The van der Waals surface area contributed by atoms with E-state index in [9.17, 15) is 4.79 Å². The molecule has 1 aromatic heterocycles. The molecule has 0 aliphatic rings. The Hall–Kier alpha value is -2.37. The molecule has 0 saturated carbocycles. The third-order valence-corrected chi connectivity index (χ3v) is 2.66. The van der Waals surface area contributed by atoms with E-state index in [0.29, 0.717) is 11.5 Å². The zero-order valence-electron chi connectivity index (χ0n) is 11.1. The number of aryl methyl sites for hydroxylation is 1. The number of benzene rings is 1. The van der Waals surface area contributed by atoms with E-state index >= 15 is 0 Å². The smallest absolute Gasteiger partial charge is 0.258 e. The molecule has 0 radical (unpaired) electrons. The lowest BCUT2D eigenvalue weighted by molar-refractivity contribution is 0.102. The molecule has 0 unspecified atom stereocenters. The van der Waals surface area contributed by atoms with E-state index in [2.05, 4.69) is 27.6 Å². The van der Waals surface area contributed by atoms with E-state index in [-0.39, 0.29) is 5.91 Å². The number of hydrogen-bond donors (Lipinski definition) is 2. The van der Waals surface area contributed by atoms with Crippen LogP contribution in [-0.4, -0.2) is 27.2 Å². The van der Waals surface area contributed by atoms with Crippen LogP contribution in [0.2, 0.25) is 0 Å².